The van der Waals surface area contributed by atoms with Crippen molar-refractivity contribution in [1.29, 1.82) is 0 Å². The minimum Gasteiger partial charge on any atom is -0.492 e. The number of nitrogens with one attached hydrogen (secondary N) is 1. The van der Waals surface area contributed by atoms with Crippen LogP contribution in [0.3, 0.4) is 0 Å². The summed E-state index contributed by atoms with van der Waals surface area (Å²) in [4.78, 5) is 39.3. The lowest BCUT2D eigenvalue weighted by Crippen LogP contribution is -2.40. The number of fused-ring (bicyclic) bond motifs is 1. The van der Waals surface area contributed by atoms with Gasteiger partial charge in [-0.25, -0.2) is 4.90 Å². The van der Waals surface area contributed by atoms with Crippen LogP contribution in [0.2, 0.25) is 0 Å². The van der Waals surface area contributed by atoms with Gasteiger partial charge in [0.2, 0.25) is 0 Å². The second-order valence-corrected chi connectivity index (χ2v) is 7.31. The third-order valence-corrected chi connectivity index (χ3v) is 4.04. The molecule has 0 aliphatic carbocycles. The standard InChI is InChI=1S/C21H22N2O4/c1-5-27-17-9-7-6-8-16(17)23-19(25)14-11-10-13(12-15(14)20(23)26)18(24)22-21(2,3)4/h6-12H,5H2,1-4H3,(H,22,24). The van der Waals surface area contributed by atoms with E-state index in [2.05, 4.69) is 5.32 Å². The fourth-order valence-electron chi connectivity index (χ4n) is 2.93. The number of hydrogen-bond acceptors (Lipinski definition) is 4. The molecule has 0 spiro atoms. The van der Waals surface area contributed by atoms with Gasteiger partial charge in [-0.05, 0) is 58.0 Å². The van der Waals surface area contributed by atoms with Gasteiger partial charge in [0.25, 0.3) is 17.7 Å². The molecule has 1 N–H and O–H groups in total. The summed E-state index contributed by atoms with van der Waals surface area (Å²) < 4.78 is 5.55. The minimum absolute atomic E-state index is 0.216. The summed E-state index contributed by atoms with van der Waals surface area (Å²) in [5, 5.41) is 2.85. The first-order chi connectivity index (χ1) is 12.7. The SMILES string of the molecule is CCOc1ccccc1N1C(=O)c2ccc(C(=O)NC(C)(C)C)cc2C1=O. The molecule has 3 amide bonds. The molecule has 2 aromatic rings. The van der Waals surface area contributed by atoms with Crippen LogP contribution in [-0.2, 0) is 0 Å². The normalized spacial score (nSPS) is 13.6. The molecule has 1 aliphatic heterocycles. The number of carbonyl (C=O) groups is 3. The number of para-hydroxylation sites is 2. The molecule has 0 aromatic heterocycles. The van der Waals surface area contributed by atoms with Crippen molar-refractivity contribution in [1.82, 2.24) is 5.32 Å². The number of imide groups is 1. The first kappa shape index (κ1) is 18.6. The maximum Gasteiger partial charge on any atom is 0.266 e. The van der Waals surface area contributed by atoms with Gasteiger partial charge in [0, 0.05) is 11.1 Å². The molecule has 6 nitrogen and oxygen atoms in total. The van der Waals surface area contributed by atoms with Gasteiger partial charge in [0.05, 0.1) is 23.4 Å². The Morgan fingerprint density at radius 3 is 2.37 bits per heavy atom. The van der Waals surface area contributed by atoms with Crippen molar-refractivity contribution in [2.75, 3.05) is 11.5 Å². The van der Waals surface area contributed by atoms with Crippen molar-refractivity contribution in [3.05, 3.63) is 59.2 Å². The molecule has 0 saturated carbocycles. The first-order valence-electron chi connectivity index (χ1n) is 8.80. The fraction of sp³-hybridized carbons (Fsp3) is 0.286. The monoisotopic (exact) mass is 366 g/mol. The van der Waals surface area contributed by atoms with Crippen LogP contribution in [0.5, 0.6) is 5.75 Å². The van der Waals surface area contributed by atoms with Gasteiger partial charge in [0.1, 0.15) is 5.75 Å². The summed E-state index contributed by atoms with van der Waals surface area (Å²) in [5.74, 6) is -0.726. The zero-order chi connectivity index (χ0) is 19.8. The van der Waals surface area contributed by atoms with Gasteiger partial charge in [-0.3, -0.25) is 14.4 Å². The van der Waals surface area contributed by atoms with E-state index in [9.17, 15) is 14.4 Å². The third kappa shape index (κ3) is 3.56. The maximum atomic E-state index is 12.9. The van der Waals surface area contributed by atoms with Gasteiger partial charge >= 0.3 is 0 Å². The van der Waals surface area contributed by atoms with Gasteiger partial charge in [-0.15, -0.1) is 0 Å². The molecule has 0 atom stereocenters. The largest absolute Gasteiger partial charge is 0.492 e. The zero-order valence-corrected chi connectivity index (χ0v) is 15.8. The molecule has 0 unspecified atom stereocenters. The van der Waals surface area contributed by atoms with Crippen molar-refractivity contribution >= 4 is 23.4 Å². The Morgan fingerprint density at radius 2 is 1.70 bits per heavy atom. The highest BCUT2D eigenvalue weighted by molar-refractivity contribution is 6.35. The average molecular weight is 366 g/mol. The lowest BCUT2D eigenvalue weighted by atomic mass is 10.0. The Hall–Kier alpha value is -3.15. The molecule has 0 saturated heterocycles. The summed E-state index contributed by atoms with van der Waals surface area (Å²) in [6.45, 7) is 7.87. The molecule has 27 heavy (non-hydrogen) atoms. The fourth-order valence-corrected chi connectivity index (χ4v) is 2.93. The van der Waals surface area contributed by atoms with Crippen LogP contribution in [0.15, 0.2) is 42.5 Å². The molecule has 1 heterocycles. The molecule has 140 valence electrons. The van der Waals surface area contributed by atoms with Crippen LogP contribution in [0.1, 0.15) is 58.8 Å². The smallest absolute Gasteiger partial charge is 0.266 e. The number of carbonyl (C=O) groups excluding carboxylic acids is 3. The van der Waals surface area contributed by atoms with Gasteiger partial charge in [-0.1, -0.05) is 12.1 Å². The van der Waals surface area contributed by atoms with Crippen molar-refractivity contribution in [3.63, 3.8) is 0 Å². The van der Waals surface area contributed by atoms with Gasteiger partial charge in [0.15, 0.2) is 0 Å². The Bertz CT molecular complexity index is 928. The first-order valence-corrected chi connectivity index (χ1v) is 8.80. The molecule has 1 aliphatic rings. The number of hydrogen-bond donors (Lipinski definition) is 1. The summed E-state index contributed by atoms with van der Waals surface area (Å²) in [7, 11) is 0. The van der Waals surface area contributed by atoms with E-state index in [1.807, 2.05) is 27.7 Å². The van der Waals surface area contributed by atoms with Crippen LogP contribution in [0.25, 0.3) is 0 Å². The van der Waals surface area contributed by atoms with E-state index in [1.54, 1.807) is 30.3 Å². The topological polar surface area (TPSA) is 75.7 Å². The molecular weight excluding hydrogens is 344 g/mol. The van der Waals surface area contributed by atoms with E-state index < -0.39 is 17.4 Å². The Kier molecular flexibility index (Phi) is 4.74. The third-order valence-electron chi connectivity index (χ3n) is 4.04. The van der Waals surface area contributed by atoms with Crippen molar-refractivity contribution in [3.8, 4) is 5.75 Å². The van der Waals surface area contributed by atoms with Gasteiger partial charge in [-0.2, -0.15) is 0 Å². The molecule has 0 radical (unpaired) electrons. The average Bonchev–Trinajstić information content (AvgIpc) is 2.85. The Labute approximate surface area is 158 Å². The van der Waals surface area contributed by atoms with Crippen LogP contribution in [0, 0.1) is 0 Å². The number of nitrogens with zero attached hydrogens (tertiary/aromatic N) is 1. The highest BCUT2D eigenvalue weighted by atomic mass is 16.5. The van der Waals surface area contributed by atoms with Crippen LogP contribution >= 0.6 is 0 Å². The predicted octanol–water partition coefficient (Wildman–Crippen LogP) is 3.41. The van der Waals surface area contributed by atoms with Crippen LogP contribution in [-0.4, -0.2) is 29.9 Å². The molecule has 6 heteroatoms. The van der Waals surface area contributed by atoms with Crippen LogP contribution in [0.4, 0.5) is 5.69 Å². The van der Waals surface area contributed by atoms with E-state index in [0.717, 1.165) is 4.90 Å². The number of benzene rings is 2. The molecule has 3 rings (SSSR count). The second-order valence-electron chi connectivity index (χ2n) is 7.31. The van der Waals surface area contributed by atoms with E-state index in [4.69, 9.17) is 4.74 Å². The summed E-state index contributed by atoms with van der Waals surface area (Å²) >= 11 is 0. The highest BCUT2D eigenvalue weighted by Crippen LogP contribution is 2.35. The maximum absolute atomic E-state index is 12.9. The minimum atomic E-state index is -0.465. The van der Waals surface area contributed by atoms with E-state index >= 15 is 0 Å². The van der Waals surface area contributed by atoms with Crippen LogP contribution < -0.4 is 15.0 Å². The summed E-state index contributed by atoms with van der Waals surface area (Å²) in [6.07, 6.45) is 0. The Balaban J connectivity index is 1.98. The molecule has 0 fully saturated rings. The predicted molar refractivity (Wildman–Crippen MR) is 102 cm³/mol. The van der Waals surface area contributed by atoms with E-state index in [-0.39, 0.29) is 17.0 Å². The molecular formula is C21H22N2O4. The number of rotatable bonds is 4. The van der Waals surface area contributed by atoms with Crippen molar-refractivity contribution in [2.24, 2.45) is 0 Å². The molecule has 0 bridgehead atoms. The van der Waals surface area contributed by atoms with Gasteiger partial charge < -0.3 is 10.1 Å². The summed E-state index contributed by atoms with van der Waals surface area (Å²) in [6, 6.07) is 11.5. The quantitative estimate of drug-likeness (QED) is 0.842. The summed E-state index contributed by atoms with van der Waals surface area (Å²) in [5.41, 5.74) is 0.820. The Morgan fingerprint density at radius 1 is 1.04 bits per heavy atom. The zero-order valence-electron chi connectivity index (χ0n) is 15.8. The second kappa shape index (κ2) is 6.87. The lowest BCUT2D eigenvalue weighted by Gasteiger charge is -2.20. The number of anilines is 1. The number of amides is 3. The number of ether oxygens (including phenoxy) is 1. The van der Waals surface area contributed by atoms with Crippen molar-refractivity contribution in [2.45, 2.75) is 33.2 Å². The highest BCUT2D eigenvalue weighted by Gasteiger charge is 2.38. The lowest BCUT2D eigenvalue weighted by molar-refractivity contribution is 0.0912. The van der Waals surface area contributed by atoms with E-state index in [1.165, 1.54) is 12.1 Å². The van der Waals surface area contributed by atoms with Crippen molar-refractivity contribution < 1.29 is 19.1 Å². The van der Waals surface area contributed by atoms with E-state index in [0.29, 0.717) is 23.6 Å². The molecule has 2 aromatic carbocycles.